The second kappa shape index (κ2) is 8.19. The van der Waals surface area contributed by atoms with E-state index in [0.29, 0.717) is 23.6 Å². The number of fused-ring (bicyclic) bond motifs is 1. The number of allylic oxidation sites excluding steroid dienone is 1. The minimum absolute atomic E-state index is 0.314. The fourth-order valence-corrected chi connectivity index (χ4v) is 4.42. The van der Waals surface area contributed by atoms with Gasteiger partial charge in [0.25, 0.3) is 0 Å². The molecule has 0 radical (unpaired) electrons. The smallest absolute Gasteiger partial charge is 0.325 e. The first-order chi connectivity index (χ1) is 16.1. The van der Waals surface area contributed by atoms with Crippen molar-refractivity contribution in [1.29, 1.82) is 0 Å². The highest BCUT2D eigenvalue weighted by Crippen LogP contribution is 2.40. The lowest BCUT2D eigenvalue weighted by Gasteiger charge is -2.33. The molecule has 6 rings (SSSR count). The van der Waals surface area contributed by atoms with E-state index in [1.807, 2.05) is 18.2 Å². The van der Waals surface area contributed by atoms with Crippen molar-refractivity contribution in [2.24, 2.45) is 0 Å². The van der Waals surface area contributed by atoms with Crippen LogP contribution < -0.4 is 15.0 Å². The number of anilines is 3. The van der Waals surface area contributed by atoms with E-state index in [1.165, 1.54) is 29.5 Å². The summed E-state index contributed by atoms with van der Waals surface area (Å²) < 4.78 is 11.6. The molecular formula is C25H28N6O2. The number of benzene rings is 1. The average Bonchev–Trinajstić information content (AvgIpc) is 3.43. The molecule has 1 aliphatic heterocycles. The van der Waals surface area contributed by atoms with Gasteiger partial charge in [0.05, 0.1) is 5.69 Å². The molecule has 0 spiro atoms. The lowest BCUT2D eigenvalue weighted by molar-refractivity contribution is 0.311. The highest BCUT2D eigenvalue weighted by molar-refractivity contribution is 5.65. The summed E-state index contributed by atoms with van der Waals surface area (Å²) in [5, 5.41) is 7.45. The van der Waals surface area contributed by atoms with Gasteiger partial charge in [0.1, 0.15) is 17.4 Å². The van der Waals surface area contributed by atoms with Gasteiger partial charge in [-0.1, -0.05) is 22.9 Å². The number of nitrogens with zero attached hydrogens (tertiary/aromatic N) is 5. The Morgan fingerprint density at radius 3 is 2.73 bits per heavy atom. The minimum atomic E-state index is 0.314. The first-order valence-electron chi connectivity index (χ1n) is 11.6. The first-order valence-corrected chi connectivity index (χ1v) is 11.6. The van der Waals surface area contributed by atoms with Crippen LogP contribution in [-0.4, -0.2) is 53.3 Å². The van der Waals surface area contributed by atoms with E-state index < -0.39 is 0 Å². The van der Waals surface area contributed by atoms with Crippen molar-refractivity contribution in [3.05, 3.63) is 52.7 Å². The van der Waals surface area contributed by atoms with E-state index in [1.54, 1.807) is 0 Å². The van der Waals surface area contributed by atoms with E-state index in [-0.39, 0.29) is 0 Å². The lowest BCUT2D eigenvalue weighted by Crippen LogP contribution is -2.44. The van der Waals surface area contributed by atoms with Gasteiger partial charge < -0.3 is 24.4 Å². The molecule has 8 nitrogen and oxygen atoms in total. The summed E-state index contributed by atoms with van der Waals surface area (Å²) in [6, 6.07) is 10.4. The molecule has 0 amide bonds. The van der Waals surface area contributed by atoms with E-state index in [9.17, 15) is 0 Å². The fourth-order valence-electron chi connectivity index (χ4n) is 4.42. The van der Waals surface area contributed by atoms with Crippen LogP contribution in [0.4, 0.5) is 17.5 Å². The normalized spacial score (nSPS) is 18.2. The number of likely N-dealkylation sites (N-methyl/N-ethyl adjacent to an activating group) is 1. The molecule has 3 heterocycles. The molecule has 0 bridgehead atoms. The number of hydrogen-bond donors (Lipinski definition) is 1. The van der Waals surface area contributed by atoms with Crippen molar-refractivity contribution in [2.45, 2.75) is 32.1 Å². The quantitative estimate of drug-likeness (QED) is 0.591. The molecule has 0 atom stereocenters. The molecule has 2 aliphatic carbocycles. The molecule has 3 aliphatic rings. The van der Waals surface area contributed by atoms with Gasteiger partial charge in [-0.25, -0.2) is 0 Å². The van der Waals surface area contributed by atoms with Crippen LogP contribution in [0.2, 0.25) is 0 Å². The molecule has 2 fully saturated rings. The van der Waals surface area contributed by atoms with Crippen LogP contribution in [0, 0.1) is 0 Å². The monoisotopic (exact) mass is 444 g/mol. The Morgan fingerprint density at radius 2 is 1.91 bits per heavy atom. The molecule has 3 aromatic rings. The molecule has 170 valence electrons. The molecule has 2 aromatic heterocycles. The lowest BCUT2D eigenvalue weighted by atomic mass is 10.1. The summed E-state index contributed by atoms with van der Waals surface area (Å²) in [4.78, 5) is 14.0. The summed E-state index contributed by atoms with van der Waals surface area (Å²) in [6.45, 7) is 5.95. The third-order valence-corrected chi connectivity index (χ3v) is 6.49. The van der Waals surface area contributed by atoms with Gasteiger partial charge in [-0.2, -0.15) is 9.97 Å². The largest absolute Gasteiger partial charge is 0.424 e. The topological polar surface area (TPSA) is 79.5 Å². The Kier molecular flexibility index (Phi) is 5.02. The highest BCUT2D eigenvalue weighted by Gasteiger charge is 2.27. The third-order valence-electron chi connectivity index (χ3n) is 6.49. The molecule has 1 N–H and O–H groups in total. The first kappa shape index (κ1) is 20.2. The van der Waals surface area contributed by atoms with Crippen LogP contribution in [0.1, 0.15) is 42.5 Å². The van der Waals surface area contributed by atoms with Gasteiger partial charge in [-0.05, 0) is 56.5 Å². The van der Waals surface area contributed by atoms with Crippen molar-refractivity contribution in [3.8, 4) is 11.8 Å². The van der Waals surface area contributed by atoms with Crippen LogP contribution in [0.5, 0.6) is 11.8 Å². The maximum Gasteiger partial charge on any atom is 0.325 e. The van der Waals surface area contributed by atoms with E-state index in [4.69, 9.17) is 14.2 Å². The predicted octanol–water partition coefficient (Wildman–Crippen LogP) is 4.59. The summed E-state index contributed by atoms with van der Waals surface area (Å²) in [5.74, 6) is 3.33. The Bertz CT molecular complexity index is 1210. The summed E-state index contributed by atoms with van der Waals surface area (Å²) in [5.41, 5.74) is 4.89. The average molecular weight is 445 g/mol. The Labute approximate surface area is 193 Å². The summed E-state index contributed by atoms with van der Waals surface area (Å²) >= 11 is 0. The van der Waals surface area contributed by atoms with Crippen LogP contribution >= 0.6 is 0 Å². The number of aromatic nitrogens is 3. The van der Waals surface area contributed by atoms with Gasteiger partial charge in [-0.3, -0.25) is 0 Å². The van der Waals surface area contributed by atoms with Crippen LogP contribution in [-0.2, 0) is 6.42 Å². The molecule has 1 saturated carbocycles. The van der Waals surface area contributed by atoms with Gasteiger partial charge in [0, 0.05) is 44.2 Å². The van der Waals surface area contributed by atoms with E-state index in [0.717, 1.165) is 49.9 Å². The Hall–Kier alpha value is -3.39. The summed E-state index contributed by atoms with van der Waals surface area (Å²) in [7, 11) is 2.14. The predicted molar refractivity (Wildman–Crippen MR) is 127 cm³/mol. The van der Waals surface area contributed by atoms with Crippen LogP contribution in [0.25, 0.3) is 6.08 Å². The van der Waals surface area contributed by atoms with Gasteiger partial charge in [0.2, 0.25) is 5.88 Å². The molecule has 8 heteroatoms. The number of ether oxygens (including phenoxy) is 1. The van der Waals surface area contributed by atoms with E-state index in [2.05, 4.69) is 57.4 Å². The zero-order chi connectivity index (χ0) is 22.4. The molecule has 0 unspecified atom stereocenters. The van der Waals surface area contributed by atoms with E-state index >= 15 is 0 Å². The second-order valence-electron chi connectivity index (χ2n) is 9.33. The van der Waals surface area contributed by atoms with Crippen molar-refractivity contribution < 1.29 is 9.26 Å². The SMILES string of the molecule is CC1=Cc2cc(Oc3nc(Nc4cc(C5CC5)no4)cc(N4CCN(C)CC4)n3)ccc2C1. The number of rotatable bonds is 6. The highest BCUT2D eigenvalue weighted by atomic mass is 16.5. The maximum atomic E-state index is 6.15. The number of hydrogen-bond acceptors (Lipinski definition) is 8. The van der Waals surface area contributed by atoms with Crippen molar-refractivity contribution in [3.63, 3.8) is 0 Å². The van der Waals surface area contributed by atoms with Crippen LogP contribution in [0.3, 0.4) is 0 Å². The fraction of sp³-hybridized carbons (Fsp3) is 0.400. The summed E-state index contributed by atoms with van der Waals surface area (Å²) in [6.07, 6.45) is 5.57. The zero-order valence-corrected chi connectivity index (χ0v) is 19.0. The second-order valence-corrected chi connectivity index (χ2v) is 9.33. The minimum Gasteiger partial charge on any atom is -0.424 e. The molecule has 33 heavy (non-hydrogen) atoms. The molecule has 1 saturated heterocycles. The molecule has 1 aromatic carbocycles. The van der Waals surface area contributed by atoms with Crippen LogP contribution in [0.15, 0.2) is 40.4 Å². The van der Waals surface area contributed by atoms with Gasteiger partial charge >= 0.3 is 6.01 Å². The Morgan fingerprint density at radius 1 is 1.06 bits per heavy atom. The van der Waals surface area contributed by atoms with Gasteiger partial charge in [-0.15, -0.1) is 0 Å². The standard InChI is InChI=1S/C25H28N6O2/c1-16-11-18-5-6-20(13-19(18)12-16)32-25-27-22(26-24-14-21(29-33-24)17-3-4-17)15-23(28-25)31-9-7-30(2)8-10-31/h5-6,12-15,17H,3-4,7-11H2,1-2H3,(H,26,27,28). The van der Waals surface area contributed by atoms with Crippen molar-refractivity contribution >= 4 is 23.6 Å². The zero-order valence-electron chi connectivity index (χ0n) is 19.0. The van der Waals surface area contributed by atoms with Crippen molar-refractivity contribution in [1.82, 2.24) is 20.0 Å². The maximum absolute atomic E-state index is 6.15. The third kappa shape index (κ3) is 4.43. The van der Waals surface area contributed by atoms with Gasteiger partial charge in [0.15, 0.2) is 0 Å². The Balaban J connectivity index is 1.29. The molecular weight excluding hydrogens is 416 g/mol. The number of piperazine rings is 1. The van der Waals surface area contributed by atoms with Crippen molar-refractivity contribution in [2.75, 3.05) is 43.4 Å². The number of nitrogens with one attached hydrogen (secondary N) is 1.